The van der Waals surface area contributed by atoms with E-state index in [1.54, 1.807) is 18.2 Å². The van der Waals surface area contributed by atoms with Gasteiger partial charge in [-0.05, 0) is 37.3 Å². The number of carbonyl (C=O) groups is 1. The molecule has 0 saturated heterocycles. The normalized spacial score (nSPS) is 12.8. The van der Waals surface area contributed by atoms with Crippen LogP contribution < -0.4 is 20.2 Å². The van der Waals surface area contributed by atoms with Crippen LogP contribution in [0.25, 0.3) is 10.9 Å². The lowest BCUT2D eigenvalue weighted by Gasteiger charge is -2.19. The summed E-state index contributed by atoms with van der Waals surface area (Å²) in [6.45, 7) is 3.13. The van der Waals surface area contributed by atoms with Crippen molar-refractivity contribution in [1.82, 2.24) is 9.78 Å². The largest absolute Gasteiger partial charge is 0.486 e. The smallest absolute Gasteiger partial charge is 0.280 e. The van der Waals surface area contributed by atoms with Gasteiger partial charge < -0.3 is 14.8 Å². The molecule has 0 atom stereocenters. The monoisotopic (exact) mass is 369 g/mol. The van der Waals surface area contributed by atoms with E-state index in [9.17, 15) is 14.0 Å². The van der Waals surface area contributed by atoms with Gasteiger partial charge in [-0.1, -0.05) is 0 Å². The Hall–Kier alpha value is -3.42. The molecule has 0 bridgehead atoms. The van der Waals surface area contributed by atoms with Gasteiger partial charge in [0, 0.05) is 18.3 Å². The number of amides is 1. The van der Waals surface area contributed by atoms with Crippen LogP contribution in [0.4, 0.5) is 10.1 Å². The Morgan fingerprint density at radius 2 is 1.96 bits per heavy atom. The Bertz CT molecular complexity index is 1110. The number of rotatable bonds is 3. The van der Waals surface area contributed by atoms with Gasteiger partial charge in [-0.25, -0.2) is 4.39 Å². The lowest BCUT2D eigenvalue weighted by atomic mass is 10.2. The standard InChI is InChI=1S/C19H16FN3O4/c1-2-23-14-5-3-11(20)9-13(14)18(24)17(22-23)19(25)21-12-4-6-15-16(10-12)27-8-7-26-15/h3-6,9-10H,2,7-8H2,1H3,(H,21,25). The Balaban J connectivity index is 1.72. The van der Waals surface area contributed by atoms with Gasteiger partial charge in [0.1, 0.15) is 19.0 Å². The highest BCUT2D eigenvalue weighted by Crippen LogP contribution is 2.32. The molecule has 1 aliphatic rings. The van der Waals surface area contributed by atoms with E-state index in [1.165, 1.54) is 16.8 Å². The molecule has 8 heteroatoms. The minimum absolute atomic E-state index is 0.110. The molecule has 1 aliphatic heterocycles. The van der Waals surface area contributed by atoms with E-state index >= 15 is 0 Å². The SMILES string of the molecule is CCn1nc(C(=O)Nc2ccc3c(c2)OCCO3)c(=O)c2cc(F)ccc21. The zero-order chi connectivity index (χ0) is 19.0. The number of carbonyl (C=O) groups excluding carboxylic acids is 1. The first-order valence-corrected chi connectivity index (χ1v) is 8.48. The second-order valence-corrected chi connectivity index (χ2v) is 5.97. The molecule has 138 valence electrons. The Morgan fingerprint density at radius 3 is 2.74 bits per heavy atom. The van der Waals surface area contributed by atoms with Crippen molar-refractivity contribution in [3.63, 3.8) is 0 Å². The maximum absolute atomic E-state index is 13.6. The van der Waals surface area contributed by atoms with Crippen LogP contribution in [0.1, 0.15) is 17.4 Å². The lowest BCUT2D eigenvalue weighted by Crippen LogP contribution is -2.27. The fraction of sp³-hybridized carbons (Fsp3) is 0.211. The van der Waals surface area contributed by atoms with E-state index in [0.717, 1.165) is 6.07 Å². The molecule has 4 rings (SSSR count). The average Bonchev–Trinajstić information content (AvgIpc) is 2.68. The third kappa shape index (κ3) is 3.10. The number of aromatic nitrogens is 2. The molecular weight excluding hydrogens is 353 g/mol. The number of anilines is 1. The van der Waals surface area contributed by atoms with Crippen LogP contribution in [0.5, 0.6) is 11.5 Å². The summed E-state index contributed by atoms with van der Waals surface area (Å²) in [5.41, 5.74) is -0.0123. The van der Waals surface area contributed by atoms with Gasteiger partial charge in [0.2, 0.25) is 5.43 Å². The van der Waals surface area contributed by atoms with Crippen LogP contribution in [0, 0.1) is 5.82 Å². The molecule has 2 aromatic carbocycles. The number of benzene rings is 2. The van der Waals surface area contributed by atoms with Crippen LogP contribution in [-0.4, -0.2) is 28.9 Å². The molecule has 27 heavy (non-hydrogen) atoms. The van der Waals surface area contributed by atoms with Crippen molar-refractivity contribution in [2.24, 2.45) is 0 Å². The molecule has 0 unspecified atom stereocenters. The Labute approximate surface area is 153 Å². The van der Waals surface area contributed by atoms with Crippen LogP contribution in [0.15, 0.2) is 41.2 Å². The number of halogens is 1. The van der Waals surface area contributed by atoms with Crippen molar-refractivity contribution in [1.29, 1.82) is 0 Å². The minimum atomic E-state index is -0.676. The van der Waals surface area contributed by atoms with Crippen LogP contribution >= 0.6 is 0 Å². The fourth-order valence-corrected chi connectivity index (χ4v) is 2.96. The molecular formula is C19H16FN3O4. The quantitative estimate of drug-likeness (QED) is 0.767. The van der Waals surface area contributed by atoms with Gasteiger partial charge >= 0.3 is 0 Å². The van der Waals surface area contributed by atoms with Crippen LogP contribution in [0.2, 0.25) is 0 Å². The first-order chi connectivity index (χ1) is 13.1. The highest BCUT2D eigenvalue weighted by molar-refractivity contribution is 6.04. The second kappa shape index (κ2) is 6.71. The van der Waals surface area contributed by atoms with Gasteiger partial charge in [-0.15, -0.1) is 0 Å². The van der Waals surface area contributed by atoms with Gasteiger partial charge in [0.25, 0.3) is 5.91 Å². The molecule has 1 N–H and O–H groups in total. The molecule has 2 heterocycles. The highest BCUT2D eigenvalue weighted by atomic mass is 19.1. The summed E-state index contributed by atoms with van der Waals surface area (Å²) in [7, 11) is 0. The zero-order valence-electron chi connectivity index (χ0n) is 14.5. The number of hydrogen-bond donors (Lipinski definition) is 1. The third-order valence-corrected chi connectivity index (χ3v) is 4.23. The molecule has 1 aromatic heterocycles. The zero-order valence-corrected chi connectivity index (χ0v) is 14.5. The number of aryl methyl sites for hydroxylation is 1. The topological polar surface area (TPSA) is 82.5 Å². The molecule has 3 aromatic rings. The van der Waals surface area contributed by atoms with Gasteiger partial charge in [0.05, 0.1) is 10.9 Å². The molecule has 0 radical (unpaired) electrons. The Kier molecular flexibility index (Phi) is 4.23. The number of fused-ring (bicyclic) bond motifs is 2. The predicted molar refractivity (Wildman–Crippen MR) is 97.0 cm³/mol. The van der Waals surface area contributed by atoms with Crippen LogP contribution in [-0.2, 0) is 6.54 Å². The summed E-state index contributed by atoms with van der Waals surface area (Å²) in [6, 6.07) is 8.79. The maximum Gasteiger partial charge on any atom is 0.280 e. The minimum Gasteiger partial charge on any atom is -0.486 e. The van der Waals surface area contributed by atoms with E-state index in [0.29, 0.717) is 42.5 Å². The summed E-state index contributed by atoms with van der Waals surface area (Å²) >= 11 is 0. The molecule has 0 aliphatic carbocycles. The van der Waals surface area contributed by atoms with Crippen LogP contribution in [0.3, 0.4) is 0 Å². The molecule has 0 spiro atoms. The van der Waals surface area contributed by atoms with E-state index in [1.807, 2.05) is 6.92 Å². The molecule has 1 amide bonds. The van der Waals surface area contributed by atoms with Gasteiger partial charge in [0.15, 0.2) is 17.2 Å². The summed E-state index contributed by atoms with van der Waals surface area (Å²) in [4.78, 5) is 25.3. The summed E-state index contributed by atoms with van der Waals surface area (Å²) < 4.78 is 26.0. The van der Waals surface area contributed by atoms with Crippen molar-refractivity contribution in [3.8, 4) is 11.5 Å². The van der Waals surface area contributed by atoms with Crippen molar-refractivity contribution >= 4 is 22.5 Å². The van der Waals surface area contributed by atoms with Crippen molar-refractivity contribution < 1.29 is 18.7 Å². The predicted octanol–water partition coefficient (Wildman–Crippen LogP) is 2.58. The van der Waals surface area contributed by atoms with Gasteiger partial charge in [-0.3, -0.25) is 14.3 Å². The average molecular weight is 369 g/mol. The van der Waals surface area contributed by atoms with Crippen molar-refractivity contribution in [2.45, 2.75) is 13.5 Å². The van der Waals surface area contributed by atoms with Gasteiger partial charge in [-0.2, -0.15) is 5.10 Å². The number of nitrogens with one attached hydrogen (secondary N) is 1. The summed E-state index contributed by atoms with van der Waals surface area (Å²) in [6.07, 6.45) is 0. The van der Waals surface area contributed by atoms with E-state index in [-0.39, 0.29) is 11.1 Å². The van der Waals surface area contributed by atoms with E-state index < -0.39 is 17.2 Å². The summed E-state index contributed by atoms with van der Waals surface area (Å²) in [5, 5.41) is 6.89. The number of ether oxygens (including phenoxy) is 2. The molecule has 7 nitrogen and oxygen atoms in total. The number of hydrogen-bond acceptors (Lipinski definition) is 5. The van der Waals surface area contributed by atoms with E-state index in [4.69, 9.17) is 9.47 Å². The van der Waals surface area contributed by atoms with Crippen molar-refractivity contribution in [2.75, 3.05) is 18.5 Å². The molecule has 0 saturated carbocycles. The summed E-state index contributed by atoms with van der Waals surface area (Å²) in [5.74, 6) is -0.123. The van der Waals surface area contributed by atoms with E-state index in [2.05, 4.69) is 10.4 Å². The maximum atomic E-state index is 13.6. The highest BCUT2D eigenvalue weighted by Gasteiger charge is 2.19. The Morgan fingerprint density at radius 1 is 1.19 bits per heavy atom. The fourth-order valence-electron chi connectivity index (χ4n) is 2.96. The first kappa shape index (κ1) is 17.0. The second-order valence-electron chi connectivity index (χ2n) is 5.97. The van der Waals surface area contributed by atoms with Crippen molar-refractivity contribution in [3.05, 3.63) is 58.1 Å². The third-order valence-electron chi connectivity index (χ3n) is 4.23. The lowest BCUT2D eigenvalue weighted by molar-refractivity contribution is 0.101. The molecule has 0 fully saturated rings. The first-order valence-electron chi connectivity index (χ1n) is 8.48. The number of nitrogens with zero attached hydrogens (tertiary/aromatic N) is 2.